The molecule has 128 valence electrons. The molecule has 24 heavy (non-hydrogen) atoms. The third-order valence-corrected chi connectivity index (χ3v) is 4.10. The number of aryl methyl sites for hydroxylation is 1. The SMILES string of the molecule is CCCc1cc(CNC(=O)c2ccc(N3CC[C@@H](N)C3)nc2)on1. The van der Waals surface area contributed by atoms with Gasteiger partial charge in [-0.3, -0.25) is 4.79 Å². The zero-order chi connectivity index (χ0) is 16.9. The summed E-state index contributed by atoms with van der Waals surface area (Å²) < 4.78 is 5.20. The quantitative estimate of drug-likeness (QED) is 0.833. The van der Waals surface area contributed by atoms with Gasteiger partial charge in [0.15, 0.2) is 5.76 Å². The molecule has 1 aliphatic heterocycles. The predicted molar refractivity (Wildman–Crippen MR) is 90.7 cm³/mol. The van der Waals surface area contributed by atoms with Crippen LogP contribution in [0.1, 0.15) is 41.6 Å². The third kappa shape index (κ3) is 3.91. The molecule has 1 amide bonds. The maximum atomic E-state index is 12.2. The molecular weight excluding hydrogens is 306 g/mol. The number of hydrogen-bond acceptors (Lipinski definition) is 6. The summed E-state index contributed by atoms with van der Waals surface area (Å²) in [5, 5.41) is 6.78. The maximum Gasteiger partial charge on any atom is 0.253 e. The molecule has 3 N–H and O–H groups in total. The monoisotopic (exact) mass is 329 g/mol. The van der Waals surface area contributed by atoms with E-state index >= 15 is 0 Å². The Hall–Kier alpha value is -2.41. The molecule has 2 aromatic rings. The van der Waals surface area contributed by atoms with Crippen molar-refractivity contribution in [3.8, 4) is 0 Å². The first kappa shape index (κ1) is 16.4. The van der Waals surface area contributed by atoms with Gasteiger partial charge in [-0.15, -0.1) is 0 Å². The Bertz CT molecular complexity index is 683. The van der Waals surface area contributed by atoms with Crippen molar-refractivity contribution in [1.82, 2.24) is 15.5 Å². The van der Waals surface area contributed by atoms with Crippen molar-refractivity contribution in [2.24, 2.45) is 5.73 Å². The van der Waals surface area contributed by atoms with Gasteiger partial charge in [0.05, 0.1) is 17.8 Å². The number of pyridine rings is 1. The van der Waals surface area contributed by atoms with E-state index in [1.807, 2.05) is 12.1 Å². The van der Waals surface area contributed by atoms with E-state index in [-0.39, 0.29) is 11.9 Å². The molecule has 2 aromatic heterocycles. The highest BCUT2D eigenvalue weighted by atomic mass is 16.5. The molecule has 3 rings (SSSR count). The van der Waals surface area contributed by atoms with E-state index < -0.39 is 0 Å². The number of carbonyl (C=O) groups is 1. The van der Waals surface area contributed by atoms with Gasteiger partial charge < -0.3 is 20.5 Å². The van der Waals surface area contributed by atoms with Crippen LogP contribution in [0.2, 0.25) is 0 Å². The van der Waals surface area contributed by atoms with Crippen LogP contribution in [0.4, 0.5) is 5.82 Å². The van der Waals surface area contributed by atoms with Crippen LogP contribution < -0.4 is 16.0 Å². The van der Waals surface area contributed by atoms with Crippen molar-refractivity contribution < 1.29 is 9.32 Å². The van der Waals surface area contributed by atoms with Crippen LogP contribution in [0.5, 0.6) is 0 Å². The minimum atomic E-state index is -0.180. The smallest absolute Gasteiger partial charge is 0.253 e. The Kier molecular flexibility index (Phi) is 5.10. The molecule has 3 heterocycles. The number of anilines is 1. The van der Waals surface area contributed by atoms with E-state index in [0.717, 1.165) is 43.9 Å². The third-order valence-electron chi connectivity index (χ3n) is 4.10. The van der Waals surface area contributed by atoms with Crippen LogP contribution in [0, 0.1) is 0 Å². The fourth-order valence-electron chi connectivity index (χ4n) is 2.79. The first-order chi connectivity index (χ1) is 11.7. The molecule has 0 radical (unpaired) electrons. The van der Waals surface area contributed by atoms with E-state index in [1.165, 1.54) is 0 Å². The van der Waals surface area contributed by atoms with Crippen LogP contribution >= 0.6 is 0 Å². The highest BCUT2D eigenvalue weighted by molar-refractivity contribution is 5.93. The second kappa shape index (κ2) is 7.44. The highest BCUT2D eigenvalue weighted by Crippen LogP contribution is 2.17. The molecule has 1 atom stereocenters. The summed E-state index contributed by atoms with van der Waals surface area (Å²) in [6, 6.07) is 5.72. The molecule has 7 heteroatoms. The summed E-state index contributed by atoms with van der Waals surface area (Å²) in [6.45, 7) is 4.12. The predicted octanol–water partition coefficient (Wildman–Crippen LogP) is 1.49. The second-order valence-electron chi connectivity index (χ2n) is 6.12. The van der Waals surface area contributed by atoms with Crippen molar-refractivity contribution in [1.29, 1.82) is 0 Å². The normalized spacial score (nSPS) is 17.2. The van der Waals surface area contributed by atoms with E-state index in [0.29, 0.717) is 17.9 Å². The number of rotatable bonds is 6. The van der Waals surface area contributed by atoms with Crippen LogP contribution in [-0.4, -0.2) is 35.2 Å². The number of amides is 1. The summed E-state index contributed by atoms with van der Waals surface area (Å²) in [4.78, 5) is 18.7. The summed E-state index contributed by atoms with van der Waals surface area (Å²) in [5.41, 5.74) is 7.35. The second-order valence-corrected chi connectivity index (χ2v) is 6.12. The van der Waals surface area contributed by atoms with Crippen molar-refractivity contribution >= 4 is 11.7 Å². The van der Waals surface area contributed by atoms with E-state index in [9.17, 15) is 4.79 Å². The van der Waals surface area contributed by atoms with E-state index in [2.05, 4.69) is 27.3 Å². The molecule has 1 saturated heterocycles. The van der Waals surface area contributed by atoms with Crippen molar-refractivity contribution in [3.63, 3.8) is 0 Å². The molecule has 1 fully saturated rings. The average molecular weight is 329 g/mol. The lowest BCUT2D eigenvalue weighted by Crippen LogP contribution is -2.27. The summed E-state index contributed by atoms with van der Waals surface area (Å²) >= 11 is 0. The Labute approximate surface area is 141 Å². The van der Waals surface area contributed by atoms with Gasteiger partial charge in [-0.25, -0.2) is 4.98 Å². The molecule has 1 aliphatic rings. The van der Waals surface area contributed by atoms with Crippen LogP contribution in [0.25, 0.3) is 0 Å². The number of nitrogens with zero attached hydrogens (tertiary/aromatic N) is 3. The summed E-state index contributed by atoms with van der Waals surface area (Å²) in [6.07, 6.45) is 4.46. The highest BCUT2D eigenvalue weighted by Gasteiger charge is 2.20. The molecule has 7 nitrogen and oxygen atoms in total. The molecule has 0 unspecified atom stereocenters. The Balaban J connectivity index is 1.54. The molecule has 0 aliphatic carbocycles. The Morgan fingerprint density at radius 1 is 1.50 bits per heavy atom. The van der Waals surface area contributed by atoms with Gasteiger partial charge in [-0.2, -0.15) is 0 Å². The van der Waals surface area contributed by atoms with Gasteiger partial charge in [-0.05, 0) is 25.0 Å². The summed E-state index contributed by atoms with van der Waals surface area (Å²) in [5.74, 6) is 1.34. The molecule has 0 bridgehead atoms. The number of carbonyl (C=O) groups excluding carboxylic acids is 1. The number of aromatic nitrogens is 2. The molecule has 0 aromatic carbocycles. The molecular formula is C17H23N5O2. The largest absolute Gasteiger partial charge is 0.359 e. The minimum Gasteiger partial charge on any atom is -0.359 e. The van der Waals surface area contributed by atoms with Crippen molar-refractivity contribution in [2.45, 2.75) is 38.8 Å². The first-order valence-corrected chi connectivity index (χ1v) is 8.35. The van der Waals surface area contributed by atoms with E-state index in [4.69, 9.17) is 10.3 Å². The maximum absolute atomic E-state index is 12.2. The molecule has 0 spiro atoms. The fourth-order valence-corrected chi connectivity index (χ4v) is 2.79. The van der Waals surface area contributed by atoms with Gasteiger partial charge in [-0.1, -0.05) is 18.5 Å². The fraction of sp³-hybridized carbons (Fsp3) is 0.471. The van der Waals surface area contributed by atoms with Crippen LogP contribution in [0.3, 0.4) is 0 Å². The standard InChI is InChI=1S/C17H23N5O2/c1-2-3-14-8-15(24-21-14)10-20-17(23)12-4-5-16(19-9-12)22-7-6-13(18)11-22/h4-5,8-9,13H,2-3,6-7,10-11,18H2,1H3,(H,20,23)/t13-/m1/s1. The molecule has 0 saturated carbocycles. The van der Waals surface area contributed by atoms with Gasteiger partial charge >= 0.3 is 0 Å². The van der Waals surface area contributed by atoms with Gasteiger partial charge in [0.1, 0.15) is 5.82 Å². The van der Waals surface area contributed by atoms with Gasteiger partial charge in [0.25, 0.3) is 5.91 Å². The van der Waals surface area contributed by atoms with Gasteiger partial charge in [0.2, 0.25) is 0 Å². The summed E-state index contributed by atoms with van der Waals surface area (Å²) in [7, 11) is 0. The topological polar surface area (TPSA) is 97.3 Å². The van der Waals surface area contributed by atoms with Crippen LogP contribution in [0.15, 0.2) is 28.9 Å². The Morgan fingerprint density at radius 2 is 2.38 bits per heavy atom. The average Bonchev–Trinajstić information content (AvgIpc) is 3.22. The zero-order valence-corrected chi connectivity index (χ0v) is 13.9. The minimum absolute atomic E-state index is 0.180. The number of hydrogen-bond donors (Lipinski definition) is 2. The lowest BCUT2D eigenvalue weighted by molar-refractivity contribution is 0.0946. The first-order valence-electron chi connectivity index (χ1n) is 8.35. The lowest BCUT2D eigenvalue weighted by Gasteiger charge is -2.16. The van der Waals surface area contributed by atoms with E-state index in [1.54, 1.807) is 12.3 Å². The van der Waals surface area contributed by atoms with Crippen molar-refractivity contribution in [2.75, 3.05) is 18.0 Å². The lowest BCUT2D eigenvalue weighted by atomic mass is 10.2. The Morgan fingerprint density at radius 3 is 3.04 bits per heavy atom. The number of nitrogens with two attached hydrogens (primary N) is 1. The van der Waals surface area contributed by atoms with Gasteiger partial charge in [0, 0.05) is 31.4 Å². The van der Waals surface area contributed by atoms with Crippen LogP contribution in [-0.2, 0) is 13.0 Å². The number of nitrogens with one attached hydrogen (secondary N) is 1. The van der Waals surface area contributed by atoms with Crippen molar-refractivity contribution in [3.05, 3.63) is 41.4 Å². The zero-order valence-electron chi connectivity index (χ0n) is 13.9.